The molecule has 4 aromatic rings. The summed E-state index contributed by atoms with van der Waals surface area (Å²) in [7, 11) is 0. The highest BCUT2D eigenvalue weighted by atomic mass is 35.5. The fourth-order valence-corrected chi connectivity index (χ4v) is 3.71. The molecular weight excluding hydrogens is 464 g/mol. The van der Waals surface area contributed by atoms with Crippen molar-refractivity contribution in [2.24, 2.45) is 0 Å². The van der Waals surface area contributed by atoms with E-state index in [-0.39, 0.29) is 21.5 Å². The third-order valence-corrected chi connectivity index (χ3v) is 5.37. The molecule has 0 aliphatic rings. The van der Waals surface area contributed by atoms with Crippen LogP contribution in [0.5, 0.6) is 0 Å². The molecule has 0 bridgehead atoms. The van der Waals surface area contributed by atoms with Crippen molar-refractivity contribution in [3.63, 3.8) is 0 Å². The number of carboxylic acid groups (broad SMARTS) is 1. The van der Waals surface area contributed by atoms with Gasteiger partial charge < -0.3 is 10.4 Å². The number of amides is 1. The number of rotatable bonds is 6. The minimum absolute atomic E-state index is 0.0642. The number of hydrogen-bond acceptors (Lipinski definition) is 6. The highest BCUT2D eigenvalue weighted by molar-refractivity contribution is 6.32. The molecule has 0 saturated heterocycles. The zero-order valence-electron chi connectivity index (χ0n) is 17.2. The fourth-order valence-electron chi connectivity index (χ4n) is 3.52. The van der Waals surface area contributed by atoms with E-state index in [1.807, 2.05) is 0 Å². The Kier molecular flexibility index (Phi) is 6.07. The van der Waals surface area contributed by atoms with Crippen molar-refractivity contribution >= 4 is 45.6 Å². The smallest absolute Gasteiger partial charge is 0.357 e. The maximum absolute atomic E-state index is 13.4. The summed E-state index contributed by atoms with van der Waals surface area (Å²) in [6.07, 6.45) is 0. The van der Waals surface area contributed by atoms with Gasteiger partial charge >= 0.3 is 5.97 Å². The van der Waals surface area contributed by atoms with Crippen LogP contribution in [0.2, 0.25) is 5.02 Å². The number of hydrogen-bond donors (Lipinski definition) is 2. The van der Waals surface area contributed by atoms with Gasteiger partial charge in [0.1, 0.15) is 5.02 Å². The van der Waals surface area contributed by atoms with Gasteiger partial charge in [-0.25, -0.2) is 9.48 Å². The fraction of sp³-hybridized carbons (Fsp3) is 0.0435. The van der Waals surface area contributed by atoms with Crippen LogP contribution in [-0.4, -0.2) is 31.7 Å². The van der Waals surface area contributed by atoms with Gasteiger partial charge in [0.25, 0.3) is 17.2 Å². The zero-order valence-corrected chi connectivity index (χ0v) is 18.0. The van der Waals surface area contributed by atoms with E-state index < -0.39 is 39.8 Å². The number of nitro groups is 1. The van der Waals surface area contributed by atoms with Crippen LogP contribution in [-0.2, 0) is 4.79 Å². The lowest BCUT2D eigenvalue weighted by Gasteiger charge is -2.20. The molecule has 1 heterocycles. The molecule has 0 aliphatic carbocycles. The first kappa shape index (κ1) is 22.6. The second-order valence-electron chi connectivity index (χ2n) is 7.17. The molecule has 0 saturated carbocycles. The SMILES string of the molecule is O=C(O)c1nn(C(C(=O)Nc2ccc(Cl)c([N+](=O)[O-])c2)c2ccccc2)c(=O)c2ccccc12. The Morgan fingerprint density at radius 1 is 1.03 bits per heavy atom. The second kappa shape index (κ2) is 9.12. The van der Waals surface area contributed by atoms with Gasteiger partial charge in [-0.3, -0.25) is 19.7 Å². The summed E-state index contributed by atoms with van der Waals surface area (Å²) in [4.78, 5) is 49.1. The van der Waals surface area contributed by atoms with Crippen molar-refractivity contribution in [2.45, 2.75) is 6.04 Å². The molecule has 1 amide bonds. The lowest BCUT2D eigenvalue weighted by molar-refractivity contribution is -0.384. The number of aromatic carboxylic acids is 1. The normalized spacial score (nSPS) is 11.7. The van der Waals surface area contributed by atoms with Crippen LogP contribution in [0.15, 0.2) is 77.6 Å². The molecule has 0 radical (unpaired) electrons. The summed E-state index contributed by atoms with van der Waals surface area (Å²) in [5.41, 5.74) is -1.07. The van der Waals surface area contributed by atoms with Crippen LogP contribution in [0.3, 0.4) is 0 Å². The van der Waals surface area contributed by atoms with Crippen LogP contribution in [0.1, 0.15) is 22.1 Å². The van der Waals surface area contributed by atoms with Crippen LogP contribution in [0.25, 0.3) is 10.8 Å². The number of anilines is 1. The predicted molar refractivity (Wildman–Crippen MR) is 124 cm³/mol. The molecule has 11 heteroatoms. The van der Waals surface area contributed by atoms with Gasteiger partial charge in [0.2, 0.25) is 0 Å². The van der Waals surface area contributed by atoms with E-state index in [0.29, 0.717) is 5.56 Å². The maximum atomic E-state index is 13.4. The number of fused-ring (bicyclic) bond motifs is 1. The van der Waals surface area contributed by atoms with E-state index in [4.69, 9.17) is 11.6 Å². The van der Waals surface area contributed by atoms with Crippen molar-refractivity contribution < 1.29 is 19.6 Å². The Morgan fingerprint density at radius 3 is 2.32 bits per heavy atom. The Balaban J connectivity index is 1.88. The Labute approximate surface area is 196 Å². The lowest BCUT2D eigenvalue weighted by Crippen LogP contribution is -2.37. The minimum atomic E-state index is -1.37. The summed E-state index contributed by atoms with van der Waals surface area (Å²) in [5.74, 6) is -2.13. The van der Waals surface area contributed by atoms with Gasteiger partial charge in [-0.15, -0.1) is 0 Å². The molecule has 1 aromatic heterocycles. The largest absolute Gasteiger partial charge is 0.476 e. The molecule has 0 aliphatic heterocycles. The highest BCUT2D eigenvalue weighted by Crippen LogP contribution is 2.28. The van der Waals surface area contributed by atoms with E-state index in [0.717, 1.165) is 10.7 Å². The number of carboxylic acids is 1. The van der Waals surface area contributed by atoms with Crippen LogP contribution >= 0.6 is 11.6 Å². The number of carbonyl (C=O) groups is 2. The van der Waals surface area contributed by atoms with E-state index in [2.05, 4.69) is 10.4 Å². The van der Waals surface area contributed by atoms with Crippen molar-refractivity contribution in [1.29, 1.82) is 0 Å². The Hall–Kier alpha value is -4.57. The van der Waals surface area contributed by atoms with Crippen molar-refractivity contribution in [3.05, 3.63) is 110 Å². The molecule has 0 spiro atoms. The number of carbonyl (C=O) groups excluding carboxylic acids is 1. The van der Waals surface area contributed by atoms with Crippen molar-refractivity contribution in [2.75, 3.05) is 5.32 Å². The Morgan fingerprint density at radius 2 is 1.68 bits per heavy atom. The molecule has 10 nitrogen and oxygen atoms in total. The molecule has 4 rings (SSSR count). The first-order valence-electron chi connectivity index (χ1n) is 9.82. The summed E-state index contributed by atoms with van der Waals surface area (Å²) in [5, 5.41) is 27.5. The first-order valence-corrected chi connectivity index (χ1v) is 10.2. The monoisotopic (exact) mass is 478 g/mol. The minimum Gasteiger partial charge on any atom is -0.476 e. The third kappa shape index (κ3) is 4.21. The topological polar surface area (TPSA) is 144 Å². The van der Waals surface area contributed by atoms with E-state index in [9.17, 15) is 29.6 Å². The number of halogens is 1. The van der Waals surface area contributed by atoms with Gasteiger partial charge in [0, 0.05) is 17.1 Å². The molecule has 34 heavy (non-hydrogen) atoms. The van der Waals surface area contributed by atoms with Gasteiger partial charge in [0.05, 0.1) is 10.3 Å². The van der Waals surface area contributed by atoms with E-state index in [1.165, 1.54) is 24.3 Å². The Bertz CT molecular complexity index is 1500. The maximum Gasteiger partial charge on any atom is 0.357 e. The van der Waals surface area contributed by atoms with Gasteiger partial charge in [-0.05, 0) is 23.8 Å². The number of benzene rings is 3. The van der Waals surface area contributed by atoms with Crippen LogP contribution in [0.4, 0.5) is 11.4 Å². The van der Waals surface area contributed by atoms with E-state index in [1.54, 1.807) is 42.5 Å². The number of nitrogens with zero attached hydrogens (tertiary/aromatic N) is 3. The zero-order chi connectivity index (χ0) is 24.4. The average molecular weight is 479 g/mol. The van der Waals surface area contributed by atoms with Gasteiger partial charge in [-0.1, -0.05) is 60.1 Å². The molecule has 3 aromatic carbocycles. The van der Waals surface area contributed by atoms with Crippen LogP contribution < -0.4 is 10.9 Å². The summed E-state index contributed by atoms with van der Waals surface area (Å²) >= 11 is 5.84. The summed E-state index contributed by atoms with van der Waals surface area (Å²) in [6.45, 7) is 0. The number of nitro benzene ring substituents is 1. The number of nitrogens with one attached hydrogen (secondary N) is 1. The van der Waals surface area contributed by atoms with E-state index >= 15 is 0 Å². The van der Waals surface area contributed by atoms with Crippen LogP contribution in [0, 0.1) is 10.1 Å². The van der Waals surface area contributed by atoms with Crippen molar-refractivity contribution in [3.8, 4) is 0 Å². The molecule has 170 valence electrons. The molecule has 1 unspecified atom stereocenters. The molecule has 2 N–H and O–H groups in total. The quantitative estimate of drug-likeness (QED) is 0.316. The standard InChI is InChI=1S/C23H15ClN4O6/c24-17-11-10-14(12-18(17)28(33)34)25-21(29)20(13-6-2-1-3-7-13)27-22(30)16-9-5-4-8-15(16)19(26-27)23(31)32/h1-12,20H,(H,25,29)(H,31,32). The second-order valence-corrected chi connectivity index (χ2v) is 7.58. The predicted octanol–water partition coefficient (Wildman–Crippen LogP) is 3.88. The third-order valence-electron chi connectivity index (χ3n) is 5.05. The van der Waals surface area contributed by atoms with Gasteiger partial charge in [-0.2, -0.15) is 5.10 Å². The molecular formula is C23H15ClN4O6. The average Bonchev–Trinajstić information content (AvgIpc) is 2.82. The highest BCUT2D eigenvalue weighted by Gasteiger charge is 2.28. The van der Waals surface area contributed by atoms with Gasteiger partial charge in [0.15, 0.2) is 11.7 Å². The van der Waals surface area contributed by atoms with Crippen molar-refractivity contribution in [1.82, 2.24) is 9.78 Å². The lowest BCUT2D eigenvalue weighted by atomic mass is 10.1. The summed E-state index contributed by atoms with van der Waals surface area (Å²) < 4.78 is 0.806. The molecule has 1 atom stereocenters. The summed E-state index contributed by atoms with van der Waals surface area (Å²) in [6, 6.07) is 16.6. The number of aromatic nitrogens is 2. The molecule has 0 fully saturated rings. The first-order chi connectivity index (χ1) is 16.3.